The molecule has 0 aromatic heterocycles. The van der Waals surface area contributed by atoms with Crippen LogP contribution in [0.1, 0.15) is 13.8 Å². The van der Waals surface area contributed by atoms with Gasteiger partial charge in [0, 0.05) is 19.7 Å². The summed E-state index contributed by atoms with van der Waals surface area (Å²) in [7, 11) is 1.64. The number of rotatable bonds is 1. The zero-order valence-electron chi connectivity index (χ0n) is 5.43. The van der Waals surface area contributed by atoms with Crippen molar-refractivity contribution in [2.24, 2.45) is 0 Å². The van der Waals surface area contributed by atoms with Gasteiger partial charge in [-0.3, -0.25) is 4.79 Å². The van der Waals surface area contributed by atoms with E-state index in [1.807, 2.05) is 0 Å². The second-order valence-corrected chi connectivity index (χ2v) is 1.72. The fraction of sp³-hybridized carbons (Fsp3) is 0.500. The molecule has 8 heavy (non-hydrogen) atoms. The number of amides is 1. The Bertz CT molecular complexity index is 104. The average Bonchev–Trinajstić information content (AvgIpc) is 1.64. The molecule has 0 aliphatic carbocycles. The first-order valence-electron chi connectivity index (χ1n) is 2.39. The van der Waals surface area contributed by atoms with Gasteiger partial charge in [0.15, 0.2) is 0 Å². The minimum Gasteiger partial charge on any atom is -0.320 e. The molecule has 0 aromatic carbocycles. The van der Waals surface area contributed by atoms with E-state index in [9.17, 15) is 4.79 Å². The second kappa shape index (κ2) is 2.50. The molecule has 45 valence electrons. The summed E-state index contributed by atoms with van der Waals surface area (Å²) in [5, 5.41) is 0. The standard InChI is InChI=1S/C6H10NO/c1-5(2)7(4)6(3)8/h1H,2-4H3. The Morgan fingerprint density at radius 2 is 1.88 bits per heavy atom. The Balaban J connectivity index is 3.83. The number of nitrogens with zero attached hydrogens (tertiary/aromatic N) is 1. The molecule has 1 amide bonds. The first kappa shape index (κ1) is 7.21. The summed E-state index contributed by atoms with van der Waals surface area (Å²) in [6.07, 6.45) is 0. The molecule has 0 saturated heterocycles. The van der Waals surface area contributed by atoms with Crippen LogP contribution in [0.4, 0.5) is 0 Å². The maximum atomic E-state index is 10.4. The minimum absolute atomic E-state index is 0.0370. The highest BCUT2D eigenvalue weighted by atomic mass is 16.2. The van der Waals surface area contributed by atoms with Crippen molar-refractivity contribution in [3.05, 3.63) is 12.3 Å². The Kier molecular flexibility index (Phi) is 2.25. The molecule has 0 unspecified atom stereocenters. The third kappa shape index (κ3) is 1.78. The van der Waals surface area contributed by atoms with E-state index < -0.39 is 0 Å². The molecule has 0 rings (SSSR count). The predicted octanol–water partition coefficient (Wildman–Crippen LogP) is 0.801. The highest BCUT2D eigenvalue weighted by Gasteiger charge is 1.99. The van der Waals surface area contributed by atoms with Gasteiger partial charge in [0.25, 0.3) is 0 Å². The average molecular weight is 112 g/mol. The van der Waals surface area contributed by atoms with E-state index in [2.05, 4.69) is 0 Å². The second-order valence-electron chi connectivity index (χ2n) is 1.72. The van der Waals surface area contributed by atoms with Crippen molar-refractivity contribution < 1.29 is 4.79 Å². The highest BCUT2D eigenvalue weighted by molar-refractivity contribution is 5.74. The summed E-state index contributed by atoms with van der Waals surface area (Å²) >= 11 is 0. The van der Waals surface area contributed by atoms with E-state index in [1.54, 1.807) is 14.0 Å². The lowest BCUT2D eigenvalue weighted by atomic mass is 10.5. The molecule has 2 nitrogen and oxygen atoms in total. The van der Waals surface area contributed by atoms with E-state index in [0.29, 0.717) is 5.70 Å². The van der Waals surface area contributed by atoms with Gasteiger partial charge in [-0.25, -0.2) is 0 Å². The van der Waals surface area contributed by atoms with Crippen molar-refractivity contribution in [1.82, 2.24) is 4.90 Å². The van der Waals surface area contributed by atoms with Gasteiger partial charge in [0.2, 0.25) is 5.91 Å². The minimum atomic E-state index is -0.0370. The van der Waals surface area contributed by atoms with E-state index in [0.717, 1.165) is 0 Å². The molecular weight excluding hydrogens is 102 g/mol. The Hall–Kier alpha value is -0.790. The summed E-state index contributed by atoms with van der Waals surface area (Å²) in [6.45, 7) is 8.41. The number of allylic oxidation sites excluding steroid dienone is 1. The number of carbonyl (C=O) groups is 1. The number of hydrogen-bond donors (Lipinski definition) is 0. The topological polar surface area (TPSA) is 20.3 Å². The predicted molar refractivity (Wildman–Crippen MR) is 31.9 cm³/mol. The Morgan fingerprint density at radius 1 is 1.50 bits per heavy atom. The molecule has 0 fully saturated rings. The Labute approximate surface area is 49.8 Å². The van der Waals surface area contributed by atoms with Crippen molar-refractivity contribution >= 4 is 5.91 Å². The van der Waals surface area contributed by atoms with Crippen LogP contribution in [0.5, 0.6) is 0 Å². The normalized spacial score (nSPS) is 8.38. The van der Waals surface area contributed by atoms with E-state index >= 15 is 0 Å². The summed E-state index contributed by atoms with van der Waals surface area (Å²) < 4.78 is 0. The Morgan fingerprint density at radius 3 is 1.88 bits per heavy atom. The smallest absolute Gasteiger partial charge is 0.223 e. The summed E-state index contributed by atoms with van der Waals surface area (Å²) in [5.74, 6) is -0.0370. The van der Waals surface area contributed by atoms with Crippen LogP contribution < -0.4 is 0 Å². The molecule has 2 heteroatoms. The molecule has 0 aliphatic heterocycles. The highest BCUT2D eigenvalue weighted by Crippen LogP contribution is 1.93. The summed E-state index contributed by atoms with van der Waals surface area (Å²) in [6, 6.07) is 0. The maximum Gasteiger partial charge on any atom is 0.223 e. The largest absolute Gasteiger partial charge is 0.320 e. The fourth-order valence-corrected chi connectivity index (χ4v) is 0.248. The molecule has 0 saturated carbocycles. The van der Waals surface area contributed by atoms with Gasteiger partial charge in [-0.1, -0.05) is 0 Å². The molecule has 0 N–H and O–H groups in total. The van der Waals surface area contributed by atoms with Crippen molar-refractivity contribution in [3.63, 3.8) is 0 Å². The molecule has 0 spiro atoms. The first-order chi connectivity index (χ1) is 3.55. The number of hydrogen-bond acceptors (Lipinski definition) is 1. The third-order valence-electron chi connectivity index (χ3n) is 1.00. The van der Waals surface area contributed by atoms with Crippen LogP contribution in [0.25, 0.3) is 0 Å². The third-order valence-corrected chi connectivity index (χ3v) is 1.00. The molecule has 0 aromatic rings. The first-order valence-corrected chi connectivity index (χ1v) is 2.39. The summed E-state index contributed by atoms with van der Waals surface area (Å²) in [5.41, 5.74) is 0.525. The molecule has 1 radical (unpaired) electrons. The van der Waals surface area contributed by atoms with Crippen molar-refractivity contribution in [2.45, 2.75) is 13.8 Å². The van der Waals surface area contributed by atoms with Gasteiger partial charge >= 0.3 is 0 Å². The molecule has 0 bridgehead atoms. The van der Waals surface area contributed by atoms with Crippen LogP contribution in [0, 0.1) is 6.58 Å². The quantitative estimate of drug-likeness (QED) is 0.491. The van der Waals surface area contributed by atoms with Gasteiger partial charge in [-0.2, -0.15) is 0 Å². The molecule has 0 aliphatic rings. The van der Waals surface area contributed by atoms with Crippen LogP contribution in [-0.4, -0.2) is 17.9 Å². The van der Waals surface area contributed by atoms with Gasteiger partial charge in [0.05, 0.1) is 0 Å². The maximum absolute atomic E-state index is 10.4. The fourth-order valence-electron chi connectivity index (χ4n) is 0.248. The molecule has 0 heterocycles. The lowest BCUT2D eigenvalue weighted by Crippen LogP contribution is -2.20. The van der Waals surface area contributed by atoms with Crippen molar-refractivity contribution in [3.8, 4) is 0 Å². The van der Waals surface area contributed by atoms with Crippen LogP contribution in [0.15, 0.2) is 5.70 Å². The van der Waals surface area contributed by atoms with Gasteiger partial charge in [-0.05, 0) is 13.5 Å². The van der Waals surface area contributed by atoms with Crippen molar-refractivity contribution in [2.75, 3.05) is 7.05 Å². The molecule has 0 atom stereocenters. The monoisotopic (exact) mass is 112 g/mol. The van der Waals surface area contributed by atoms with Gasteiger partial charge in [0.1, 0.15) is 0 Å². The molecular formula is C6H10NO. The van der Waals surface area contributed by atoms with Crippen LogP contribution in [0.3, 0.4) is 0 Å². The zero-order valence-corrected chi connectivity index (χ0v) is 5.43. The zero-order chi connectivity index (χ0) is 6.73. The number of carbonyl (C=O) groups excluding carboxylic acids is 1. The SMILES string of the molecule is [CH]=C(C)N(C)C(C)=O. The van der Waals surface area contributed by atoms with Gasteiger partial charge < -0.3 is 4.90 Å². The van der Waals surface area contributed by atoms with Crippen LogP contribution in [-0.2, 0) is 4.79 Å². The summed E-state index contributed by atoms with van der Waals surface area (Å²) in [4.78, 5) is 11.8. The van der Waals surface area contributed by atoms with E-state index in [1.165, 1.54) is 11.8 Å². The van der Waals surface area contributed by atoms with Crippen LogP contribution >= 0.6 is 0 Å². The van der Waals surface area contributed by atoms with Crippen LogP contribution in [0.2, 0.25) is 0 Å². The lowest BCUT2D eigenvalue weighted by molar-refractivity contribution is -0.125. The van der Waals surface area contributed by atoms with Crippen molar-refractivity contribution in [1.29, 1.82) is 0 Å². The van der Waals surface area contributed by atoms with Gasteiger partial charge in [-0.15, -0.1) is 0 Å². The van der Waals surface area contributed by atoms with E-state index in [-0.39, 0.29) is 5.91 Å². The lowest BCUT2D eigenvalue weighted by Gasteiger charge is -2.12. The van der Waals surface area contributed by atoms with E-state index in [4.69, 9.17) is 6.58 Å².